The van der Waals surface area contributed by atoms with Crippen LogP contribution in [0.2, 0.25) is 0 Å². The van der Waals surface area contributed by atoms with Crippen molar-refractivity contribution < 1.29 is 5.11 Å². The summed E-state index contributed by atoms with van der Waals surface area (Å²) in [5, 5.41) is 8.36. The fraction of sp³-hybridized carbons (Fsp3) is 0.556. The molecule has 0 aromatic carbocycles. The Labute approximate surface area is 63.1 Å². The lowest BCUT2D eigenvalue weighted by Gasteiger charge is -1.84. The van der Waals surface area contributed by atoms with Gasteiger partial charge in [-0.05, 0) is 19.3 Å². The highest BCUT2D eigenvalue weighted by Gasteiger charge is 1.74. The molecule has 0 saturated carbocycles. The van der Waals surface area contributed by atoms with Gasteiger partial charge in [-0.25, -0.2) is 0 Å². The summed E-state index contributed by atoms with van der Waals surface area (Å²) in [4.78, 5) is 0. The van der Waals surface area contributed by atoms with Gasteiger partial charge in [0.2, 0.25) is 0 Å². The molecule has 58 valence electrons. The number of aliphatic hydroxyl groups excluding tert-OH is 1. The van der Waals surface area contributed by atoms with Gasteiger partial charge >= 0.3 is 0 Å². The van der Waals surface area contributed by atoms with Crippen molar-refractivity contribution in [2.75, 3.05) is 6.61 Å². The Balaban J connectivity index is 3.04. The van der Waals surface area contributed by atoms with Gasteiger partial charge in [-0.1, -0.05) is 31.2 Å². The molecule has 1 heteroatoms. The van der Waals surface area contributed by atoms with Crippen LogP contribution in [0.1, 0.15) is 26.2 Å². The molecule has 0 aliphatic rings. The second kappa shape index (κ2) is 8.44. The van der Waals surface area contributed by atoms with Crippen LogP contribution in [0.5, 0.6) is 0 Å². The topological polar surface area (TPSA) is 20.2 Å². The Morgan fingerprint density at radius 3 is 2.10 bits per heavy atom. The zero-order valence-electron chi connectivity index (χ0n) is 6.59. The van der Waals surface area contributed by atoms with Crippen molar-refractivity contribution in [3.63, 3.8) is 0 Å². The molecule has 0 unspecified atom stereocenters. The SMILES string of the molecule is CC/C=C/CC/C=C/CO. The number of unbranched alkanes of at least 4 members (excludes halogenated alkanes) is 1. The minimum atomic E-state index is 0.164. The monoisotopic (exact) mass is 140 g/mol. The third-order valence-corrected chi connectivity index (χ3v) is 1.17. The molecule has 0 saturated heterocycles. The number of rotatable bonds is 5. The highest BCUT2D eigenvalue weighted by molar-refractivity contribution is 4.87. The van der Waals surface area contributed by atoms with Crippen molar-refractivity contribution in [1.29, 1.82) is 0 Å². The normalized spacial score (nSPS) is 11.8. The summed E-state index contributed by atoms with van der Waals surface area (Å²) in [5.41, 5.74) is 0. The fourth-order valence-corrected chi connectivity index (χ4v) is 0.669. The van der Waals surface area contributed by atoms with Gasteiger partial charge in [0, 0.05) is 0 Å². The molecule has 0 heterocycles. The summed E-state index contributed by atoms with van der Waals surface area (Å²) in [6.45, 7) is 2.29. The van der Waals surface area contributed by atoms with Crippen LogP contribution >= 0.6 is 0 Å². The van der Waals surface area contributed by atoms with Crippen molar-refractivity contribution in [3.05, 3.63) is 24.3 Å². The molecule has 10 heavy (non-hydrogen) atoms. The predicted molar refractivity (Wildman–Crippen MR) is 44.9 cm³/mol. The maximum absolute atomic E-state index is 8.36. The van der Waals surface area contributed by atoms with E-state index in [4.69, 9.17) is 5.11 Å². The van der Waals surface area contributed by atoms with E-state index < -0.39 is 0 Å². The molecule has 0 aromatic heterocycles. The Morgan fingerprint density at radius 1 is 1.00 bits per heavy atom. The second-order valence-corrected chi connectivity index (χ2v) is 2.11. The Kier molecular flexibility index (Phi) is 7.97. The molecule has 0 atom stereocenters. The van der Waals surface area contributed by atoms with E-state index in [-0.39, 0.29) is 6.61 Å². The quantitative estimate of drug-likeness (QED) is 0.459. The number of hydrogen-bond donors (Lipinski definition) is 1. The molecular formula is C9H16O. The van der Waals surface area contributed by atoms with Gasteiger partial charge in [0.25, 0.3) is 0 Å². The van der Waals surface area contributed by atoms with Crippen LogP contribution in [-0.2, 0) is 0 Å². The lowest BCUT2D eigenvalue weighted by molar-refractivity contribution is 0.342. The maximum atomic E-state index is 8.36. The van der Waals surface area contributed by atoms with E-state index in [0.717, 1.165) is 19.3 Å². The zero-order chi connectivity index (χ0) is 7.66. The Bertz CT molecular complexity index is 89.3. The van der Waals surface area contributed by atoms with Crippen LogP contribution in [0.15, 0.2) is 24.3 Å². The molecule has 0 rings (SSSR count). The third kappa shape index (κ3) is 7.44. The second-order valence-electron chi connectivity index (χ2n) is 2.11. The summed E-state index contributed by atoms with van der Waals surface area (Å²) < 4.78 is 0. The molecule has 0 aliphatic heterocycles. The molecule has 1 nitrogen and oxygen atoms in total. The summed E-state index contributed by atoms with van der Waals surface area (Å²) in [5.74, 6) is 0. The van der Waals surface area contributed by atoms with Gasteiger partial charge in [-0.2, -0.15) is 0 Å². The van der Waals surface area contributed by atoms with E-state index in [1.165, 1.54) is 0 Å². The van der Waals surface area contributed by atoms with Gasteiger partial charge in [-0.3, -0.25) is 0 Å². The lowest BCUT2D eigenvalue weighted by Crippen LogP contribution is -1.70. The van der Waals surface area contributed by atoms with Gasteiger partial charge in [0.05, 0.1) is 6.61 Å². The molecular weight excluding hydrogens is 124 g/mol. The smallest absolute Gasteiger partial charge is 0.0612 e. The first kappa shape index (κ1) is 9.44. The molecule has 0 spiro atoms. The number of hydrogen-bond acceptors (Lipinski definition) is 1. The highest BCUT2D eigenvalue weighted by Crippen LogP contribution is 1.93. The zero-order valence-corrected chi connectivity index (χ0v) is 6.59. The minimum Gasteiger partial charge on any atom is -0.392 e. The summed E-state index contributed by atoms with van der Waals surface area (Å²) in [7, 11) is 0. The lowest BCUT2D eigenvalue weighted by atomic mass is 10.2. The Morgan fingerprint density at radius 2 is 1.60 bits per heavy atom. The molecule has 0 aromatic rings. The molecule has 0 bridgehead atoms. The standard InChI is InChI=1S/C9H16O/c1-2-3-4-5-6-7-8-9-10/h3-4,7-8,10H,2,5-6,9H2,1H3/b4-3+,8-7+. The molecule has 0 amide bonds. The van der Waals surface area contributed by atoms with E-state index in [9.17, 15) is 0 Å². The summed E-state index contributed by atoms with van der Waals surface area (Å²) >= 11 is 0. The molecule has 0 fully saturated rings. The van der Waals surface area contributed by atoms with Gasteiger partial charge < -0.3 is 5.11 Å². The van der Waals surface area contributed by atoms with Crippen LogP contribution in [0.25, 0.3) is 0 Å². The van der Waals surface area contributed by atoms with Crippen molar-refractivity contribution in [2.45, 2.75) is 26.2 Å². The predicted octanol–water partition coefficient (Wildman–Crippen LogP) is 2.28. The van der Waals surface area contributed by atoms with Crippen LogP contribution in [0.3, 0.4) is 0 Å². The van der Waals surface area contributed by atoms with Crippen LogP contribution in [0, 0.1) is 0 Å². The largest absolute Gasteiger partial charge is 0.392 e. The first-order valence-corrected chi connectivity index (χ1v) is 3.82. The average Bonchev–Trinajstić information content (AvgIpc) is 1.97. The number of allylic oxidation sites excluding steroid dienone is 3. The summed E-state index contributed by atoms with van der Waals surface area (Å²) in [6, 6.07) is 0. The third-order valence-electron chi connectivity index (χ3n) is 1.17. The Hall–Kier alpha value is -0.560. The van der Waals surface area contributed by atoms with Gasteiger partial charge in [0.15, 0.2) is 0 Å². The molecule has 0 radical (unpaired) electrons. The van der Waals surface area contributed by atoms with Crippen LogP contribution in [0.4, 0.5) is 0 Å². The van der Waals surface area contributed by atoms with Gasteiger partial charge in [0.1, 0.15) is 0 Å². The van der Waals surface area contributed by atoms with E-state index in [0.29, 0.717) is 0 Å². The van der Waals surface area contributed by atoms with E-state index in [2.05, 4.69) is 19.1 Å². The minimum absolute atomic E-state index is 0.164. The van der Waals surface area contributed by atoms with E-state index >= 15 is 0 Å². The van der Waals surface area contributed by atoms with Crippen LogP contribution in [-0.4, -0.2) is 11.7 Å². The van der Waals surface area contributed by atoms with Crippen molar-refractivity contribution >= 4 is 0 Å². The van der Waals surface area contributed by atoms with Crippen LogP contribution < -0.4 is 0 Å². The highest BCUT2D eigenvalue weighted by atomic mass is 16.2. The van der Waals surface area contributed by atoms with Crippen molar-refractivity contribution in [3.8, 4) is 0 Å². The van der Waals surface area contributed by atoms with Crippen molar-refractivity contribution in [1.82, 2.24) is 0 Å². The first-order valence-electron chi connectivity index (χ1n) is 3.82. The molecule has 1 N–H and O–H groups in total. The van der Waals surface area contributed by atoms with E-state index in [1.54, 1.807) is 6.08 Å². The average molecular weight is 140 g/mol. The molecule has 0 aliphatic carbocycles. The van der Waals surface area contributed by atoms with E-state index in [1.807, 2.05) is 6.08 Å². The summed E-state index contributed by atoms with van der Waals surface area (Å²) in [6.07, 6.45) is 11.3. The fourth-order valence-electron chi connectivity index (χ4n) is 0.669. The van der Waals surface area contributed by atoms with Crippen molar-refractivity contribution in [2.24, 2.45) is 0 Å². The maximum Gasteiger partial charge on any atom is 0.0612 e. The van der Waals surface area contributed by atoms with Gasteiger partial charge in [-0.15, -0.1) is 0 Å². The first-order chi connectivity index (χ1) is 4.91. The number of aliphatic hydroxyl groups is 1.